The van der Waals surface area contributed by atoms with Crippen LogP contribution in [0.3, 0.4) is 0 Å². The van der Waals surface area contributed by atoms with E-state index in [1.54, 1.807) is 10.9 Å². The minimum atomic E-state index is -0.258. The first-order valence-electron chi connectivity index (χ1n) is 7.22. The maximum atomic E-state index is 11.9. The Bertz CT molecular complexity index is 629. The van der Waals surface area contributed by atoms with Crippen molar-refractivity contribution in [1.82, 2.24) is 25.2 Å². The fourth-order valence-corrected chi connectivity index (χ4v) is 2.16. The minimum Gasteiger partial charge on any atom is -0.345 e. The molecule has 1 saturated carbocycles. The molecule has 21 heavy (non-hydrogen) atoms. The van der Waals surface area contributed by atoms with Crippen molar-refractivity contribution in [2.45, 2.75) is 44.6 Å². The van der Waals surface area contributed by atoms with Crippen LogP contribution < -0.4 is 5.32 Å². The molecule has 1 aliphatic carbocycles. The van der Waals surface area contributed by atoms with Crippen molar-refractivity contribution in [2.24, 2.45) is 7.05 Å². The van der Waals surface area contributed by atoms with Crippen molar-refractivity contribution in [3.63, 3.8) is 0 Å². The van der Waals surface area contributed by atoms with E-state index in [1.165, 1.54) is 0 Å². The summed E-state index contributed by atoms with van der Waals surface area (Å²) in [6.07, 6.45) is 7.03. The molecule has 1 N–H and O–H groups in total. The number of nitrogens with zero attached hydrogens (tertiary/aromatic N) is 4. The topological polar surface area (TPSA) is 85.8 Å². The van der Waals surface area contributed by atoms with Gasteiger partial charge in [-0.1, -0.05) is 5.16 Å². The largest absolute Gasteiger partial charge is 0.345 e. The fraction of sp³-hybridized carbons (Fsp3) is 0.571. The molecular weight excluding hydrogens is 270 g/mol. The highest BCUT2D eigenvalue weighted by Crippen LogP contribution is 2.38. The van der Waals surface area contributed by atoms with E-state index in [0.29, 0.717) is 24.7 Å². The van der Waals surface area contributed by atoms with Crippen molar-refractivity contribution >= 4 is 5.91 Å². The summed E-state index contributed by atoms with van der Waals surface area (Å²) >= 11 is 0. The highest BCUT2D eigenvalue weighted by Gasteiger charge is 2.29. The highest BCUT2D eigenvalue weighted by atomic mass is 16.5. The first-order chi connectivity index (χ1) is 10.1. The zero-order valence-electron chi connectivity index (χ0n) is 12.2. The van der Waals surface area contributed by atoms with E-state index < -0.39 is 0 Å². The van der Waals surface area contributed by atoms with Crippen LogP contribution in [0.2, 0.25) is 0 Å². The van der Waals surface area contributed by atoms with Gasteiger partial charge in [0.05, 0.1) is 6.20 Å². The smallest absolute Gasteiger partial charge is 0.248 e. The normalized spacial score (nSPS) is 15.9. The monoisotopic (exact) mass is 289 g/mol. The van der Waals surface area contributed by atoms with E-state index in [1.807, 2.05) is 20.2 Å². The molecule has 7 nitrogen and oxygen atoms in total. The molecule has 1 amide bonds. The van der Waals surface area contributed by atoms with E-state index in [4.69, 9.17) is 4.52 Å². The number of hydrogen-bond acceptors (Lipinski definition) is 5. The third kappa shape index (κ3) is 3.48. The molecule has 0 bridgehead atoms. The number of nitrogens with one attached hydrogen (secondary N) is 1. The minimum absolute atomic E-state index is 0.0301. The number of amides is 1. The predicted octanol–water partition coefficient (Wildman–Crippen LogP) is 1.49. The van der Waals surface area contributed by atoms with Crippen LogP contribution in [0.15, 0.2) is 16.9 Å². The van der Waals surface area contributed by atoms with Gasteiger partial charge >= 0.3 is 0 Å². The Labute approximate surface area is 122 Å². The van der Waals surface area contributed by atoms with Gasteiger partial charge in [0.25, 0.3) is 0 Å². The predicted molar refractivity (Wildman–Crippen MR) is 74.4 cm³/mol. The summed E-state index contributed by atoms with van der Waals surface area (Å²) in [5.41, 5.74) is 1.05. The Kier molecular flexibility index (Phi) is 3.72. The zero-order chi connectivity index (χ0) is 14.8. The number of aromatic nitrogens is 4. The van der Waals surface area contributed by atoms with Crippen molar-refractivity contribution in [2.75, 3.05) is 0 Å². The van der Waals surface area contributed by atoms with Crippen LogP contribution in [-0.4, -0.2) is 25.8 Å². The van der Waals surface area contributed by atoms with Crippen molar-refractivity contribution in [3.05, 3.63) is 29.7 Å². The fourth-order valence-electron chi connectivity index (χ4n) is 2.16. The van der Waals surface area contributed by atoms with E-state index in [0.717, 1.165) is 24.2 Å². The van der Waals surface area contributed by atoms with E-state index in [9.17, 15) is 4.79 Å². The van der Waals surface area contributed by atoms with Gasteiger partial charge in [-0.3, -0.25) is 9.48 Å². The van der Waals surface area contributed by atoms with Gasteiger partial charge in [-0.05, 0) is 31.7 Å². The van der Waals surface area contributed by atoms with E-state index in [-0.39, 0.29) is 11.9 Å². The number of hydrogen-bond donors (Lipinski definition) is 1. The van der Waals surface area contributed by atoms with Gasteiger partial charge in [-0.2, -0.15) is 10.1 Å². The number of carbonyl (C=O) groups is 1. The lowest BCUT2D eigenvalue weighted by atomic mass is 10.2. The number of rotatable bonds is 6. The van der Waals surface area contributed by atoms with Gasteiger partial charge in [-0.25, -0.2) is 0 Å². The zero-order valence-corrected chi connectivity index (χ0v) is 12.2. The Morgan fingerprint density at radius 1 is 1.57 bits per heavy atom. The van der Waals surface area contributed by atoms with Crippen molar-refractivity contribution < 1.29 is 9.32 Å². The third-order valence-electron chi connectivity index (χ3n) is 3.55. The van der Waals surface area contributed by atoms with Crippen LogP contribution in [0, 0.1) is 0 Å². The quantitative estimate of drug-likeness (QED) is 0.870. The first-order valence-corrected chi connectivity index (χ1v) is 7.22. The summed E-state index contributed by atoms with van der Waals surface area (Å²) in [7, 11) is 1.86. The Hall–Kier alpha value is -2.18. The maximum Gasteiger partial charge on any atom is 0.248 e. The van der Waals surface area contributed by atoms with Crippen LogP contribution in [0.1, 0.15) is 55.4 Å². The summed E-state index contributed by atoms with van der Waals surface area (Å²) < 4.78 is 6.94. The summed E-state index contributed by atoms with van der Waals surface area (Å²) in [4.78, 5) is 16.3. The van der Waals surface area contributed by atoms with E-state index in [2.05, 4.69) is 20.6 Å². The van der Waals surface area contributed by atoms with Crippen molar-refractivity contribution in [1.29, 1.82) is 0 Å². The molecule has 2 heterocycles. The summed E-state index contributed by atoms with van der Waals surface area (Å²) in [5.74, 6) is 1.67. The van der Waals surface area contributed by atoms with Crippen LogP contribution in [0.5, 0.6) is 0 Å². The second kappa shape index (κ2) is 5.67. The lowest BCUT2D eigenvalue weighted by Crippen LogP contribution is -2.27. The van der Waals surface area contributed by atoms with Crippen LogP contribution in [0.25, 0.3) is 0 Å². The molecule has 0 saturated heterocycles. The number of aryl methyl sites for hydroxylation is 2. The van der Waals surface area contributed by atoms with Gasteiger partial charge < -0.3 is 9.84 Å². The van der Waals surface area contributed by atoms with Gasteiger partial charge in [0, 0.05) is 25.6 Å². The maximum absolute atomic E-state index is 11.9. The Morgan fingerprint density at radius 3 is 3.05 bits per heavy atom. The average molecular weight is 289 g/mol. The SMILES string of the molecule is C[C@@H](NC(=O)CCc1cnn(C)c1)c1nc(C2CC2)no1. The van der Waals surface area contributed by atoms with Gasteiger partial charge in [-0.15, -0.1) is 0 Å². The van der Waals surface area contributed by atoms with Gasteiger partial charge in [0.15, 0.2) is 5.82 Å². The highest BCUT2D eigenvalue weighted by molar-refractivity contribution is 5.76. The molecule has 1 fully saturated rings. The van der Waals surface area contributed by atoms with Crippen molar-refractivity contribution in [3.8, 4) is 0 Å². The molecule has 0 spiro atoms. The molecule has 0 unspecified atom stereocenters. The van der Waals surface area contributed by atoms with E-state index >= 15 is 0 Å². The molecule has 2 aromatic rings. The summed E-state index contributed by atoms with van der Waals surface area (Å²) in [5, 5.41) is 10.9. The lowest BCUT2D eigenvalue weighted by Gasteiger charge is -2.09. The molecule has 0 aliphatic heterocycles. The summed E-state index contributed by atoms with van der Waals surface area (Å²) in [6.45, 7) is 1.85. The molecule has 1 atom stereocenters. The molecule has 112 valence electrons. The standard InChI is InChI=1S/C14H19N5O2/c1-9(14-17-13(18-21-14)11-4-5-11)16-12(20)6-3-10-7-15-19(2)8-10/h7-9,11H,3-6H2,1-2H3,(H,16,20)/t9-/m1/s1. The Morgan fingerprint density at radius 2 is 2.38 bits per heavy atom. The molecule has 7 heteroatoms. The van der Waals surface area contributed by atoms with Gasteiger partial charge in [0.2, 0.25) is 11.8 Å². The number of carbonyl (C=O) groups excluding carboxylic acids is 1. The average Bonchev–Trinajstić information content (AvgIpc) is 3.03. The van der Waals surface area contributed by atoms with Crippen LogP contribution in [0.4, 0.5) is 0 Å². The second-order valence-electron chi connectivity index (χ2n) is 5.58. The molecule has 3 rings (SSSR count). The molecule has 0 radical (unpaired) electrons. The molecule has 1 aliphatic rings. The molecule has 0 aromatic carbocycles. The Balaban J connectivity index is 1.48. The van der Waals surface area contributed by atoms with Crippen LogP contribution in [-0.2, 0) is 18.3 Å². The first kappa shape index (κ1) is 13.8. The van der Waals surface area contributed by atoms with Gasteiger partial charge in [0.1, 0.15) is 6.04 Å². The molecular formula is C14H19N5O2. The summed E-state index contributed by atoms with van der Waals surface area (Å²) in [6, 6.07) is -0.258. The van der Waals surface area contributed by atoms with Crippen LogP contribution >= 0.6 is 0 Å². The lowest BCUT2D eigenvalue weighted by molar-refractivity contribution is -0.121. The molecule has 2 aromatic heterocycles. The third-order valence-corrected chi connectivity index (χ3v) is 3.55. The second-order valence-corrected chi connectivity index (χ2v) is 5.58.